The molecule has 3 aromatic rings. The number of nitrogens with one attached hydrogen (secondary N) is 2. The molecule has 5 rings (SSSR count). The smallest absolute Gasteiger partial charge is 0.270 e. The molecule has 3 aromatic heterocycles. The van der Waals surface area contributed by atoms with Gasteiger partial charge in [-0.15, -0.1) is 0 Å². The standard InChI is InChI=1S/C26H32ClF2N7O2/c1-3-35-21(6-9-31-35)25(38)33-23(16-4-7-26(28,29)8-5-16)20-14-36-22(32-20)12-18(27)19(34-36)11-17-10-15(2)13-30-24(17)37/h6,9,12,14-17,23H,3-5,7-8,10-11,13H2,1-2H3,(H,30,37)(H,33,38)/t15-,17?,23-/m0/s1. The molecule has 2 fully saturated rings. The molecule has 3 atom stereocenters. The first-order chi connectivity index (χ1) is 18.1. The lowest BCUT2D eigenvalue weighted by Crippen LogP contribution is -2.41. The number of rotatable bonds is 7. The summed E-state index contributed by atoms with van der Waals surface area (Å²) in [6.07, 6.45) is 4.47. The number of carbonyl (C=O) groups is 2. The van der Waals surface area contributed by atoms with Crippen LogP contribution in [-0.4, -0.2) is 48.7 Å². The molecule has 1 aliphatic carbocycles. The third-order valence-corrected chi connectivity index (χ3v) is 8.03. The minimum atomic E-state index is -2.70. The van der Waals surface area contributed by atoms with Crippen molar-refractivity contribution in [2.24, 2.45) is 17.8 Å². The molecule has 2 N–H and O–H groups in total. The maximum Gasteiger partial charge on any atom is 0.270 e. The van der Waals surface area contributed by atoms with Crippen LogP contribution in [0.5, 0.6) is 0 Å². The topological polar surface area (TPSA) is 106 Å². The Morgan fingerprint density at radius 3 is 2.84 bits per heavy atom. The van der Waals surface area contributed by atoms with Gasteiger partial charge in [0.1, 0.15) is 5.69 Å². The zero-order valence-corrected chi connectivity index (χ0v) is 22.2. The van der Waals surface area contributed by atoms with Crippen molar-refractivity contribution in [2.75, 3.05) is 6.54 Å². The van der Waals surface area contributed by atoms with Gasteiger partial charge in [-0.2, -0.15) is 10.2 Å². The molecule has 0 spiro atoms. The molecule has 1 saturated heterocycles. The summed E-state index contributed by atoms with van der Waals surface area (Å²) in [7, 11) is 0. The minimum absolute atomic E-state index is 0.00409. The van der Waals surface area contributed by atoms with Gasteiger partial charge in [0.15, 0.2) is 5.65 Å². The number of nitrogens with zero attached hydrogens (tertiary/aromatic N) is 5. The van der Waals surface area contributed by atoms with E-state index in [2.05, 4.69) is 32.7 Å². The highest BCUT2D eigenvalue weighted by Crippen LogP contribution is 2.41. The lowest BCUT2D eigenvalue weighted by Gasteiger charge is -2.33. The van der Waals surface area contributed by atoms with Crippen LogP contribution in [0.1, 0.15) is 73.9 Å². The largest absolute Gasteiger partial charge is 0.356 e. The van der Waals surface area contributed by atoms with Crippen molar-refractivity contribution < 1.29 is 18.4 Å². The fourth-order valence-corrected chi connectivity index (χ4v) is 5.78. The summed E-state index contributed by atoms with van der Waals surface area (Å²) in [6.45, 7) is 5.17. The Balaban J connectivity index is 1.44. The Bertz CT molecular complexity index is 1330. The predicted molar refractivity (Wildman–Crippen MR) is 137 cm³/mol. The van der Waals surface area contributed by atoms with Crippen molar-refractivity contribution in [1.82, 2.24) is 35.0 Å². The van der Waals surface area contributed by atoms with Gasteiger partial charge >= 0.3 is 0 Å². The second kappa shape index (κ2) is 10.6. The maximum absolute atomic E-state index is 14.0. The third kappa shape index (κ3) is 5.52. The number of alkyl halides is 2. The van der Waals surface area contributed by atoms with Gasteiger partial charge in [0.25, 0.3) is 5.91 Å². The molecule has 0 bridgehead atoms. The summed E-state index contributed by atoms with van der Waals surface area (Å²) in [6, 6.07) is 2.73. The number of carbonyl (C=O) groups excluding carboxylic acids is 2. The van der Waals surface area contributed by atoms with E-state index in [1.165, 1.54) is 0 Å². The van der Waals surface area contributed by atoms with Crippen LogP contribution < -0.4 is 10.6 Å². The highest BCUT2D eigenvalue weighted by Gasteiger charge is 2.39. The summed E-state index contributed by atoms with van der Waals surface area (Å²) in [5, 5.41) is 15.2. The van der Waals surface area contributed by atoms with Gasteiger partial charge in [0, 0.05) is 50.5 Å². The minimum Gasteiger partial charge on any atom is -0.356 e. The Hall–Kier alpha value is -3.08. The number of amides is 2. The quantitative estimate of drug-likeness (QED) is 0.461. The molecular formula is C26H32ClF2N7O2. The van der Waals surface area contributed by atoms with Gasteiger partial charge in [-0.1, -0.05) is 18.5 Å². The number of aryl methyl sites for hydroxylation is 1. The molecule has 1 aliphatic heterocycles. The predicted octanol–water partition coefficient (Wildman–Crippen LogP) is 4.21. The Kier molecular flexibility index (Phi) is 7.39. The summed E-state index contributed by atoms with van der Waals surface area (Å²) in [5.41, 5.74) is 1.99. The molecular weight excluding hydrogens is 516 g/mol. The van der Waals surface area contributed by atoms with Gasteiger partial charge in [-0.05, 0) is 44.1 Å². The van der Waals surface area contributed by atoms with Crippen LogP contribution in [0.15, 0.2) is 24.5 Å². The van der Waals surface area contributed by atoms with E-state index in [0.29, 0.717) is 53.2 Å². The van der Waals surface area contributed by atoms with Crippen molar-refractivity contribution in [3.05, 3.63) is 46.6 Å². The number of piperidine rings is 1. The molecule has 2 aliphatic rings. The van der Waals surface area contributed by atoms with Crippen LogP contribution in [0.25, 0.3) is 5.65 Å². The van der Waals surface area contributed by atoms with Crippen LogP contribution in [0.3, 0.4) is 0 Å². The Morgan fingerprint density at radius 2 is 2.11 bits per heavy atom. The first kappa shape index (κ1) is 26.5. The summed E-state index contributed by atoms with van der Waals surface area (Å²) >= 11 is 6.55. The van der Waals surface area contributed by atoms with Crippen LogP contribution in [0, 0.1) is 17.8 Å². The van der Waals surface area contributed by atoms with Gasteiger partial charge in [-0.3, -0.25) is 14.3 Å². The number of hydrogen-bond acceptors (Lipinski definition) is 5. The number of hydrogen-bond donors (Lipinski definition) is 2. The molecule has 0 aromatic carbocycles. The number of halogens is 3. The van der Waals surface area contributed by atoms with E-state index in [-0.39, 0.29) is 49.3 Å². The maximum atomic E-state index is 14.0. The molecule has 9 nitrogen and oxygen atoms in total. The molecule has 38 heavy (non-hydrogen) atoms. The van der Waals surface area contributed by atoms with Crippen LogP contribution in [0.4, 0.5) is 8.78 Å². The van der Waals surface area contributed by atoms with Crippen molar-refractivity contribution in [1.29, 1.82) is 0 Å². The van der Waals surface area contributed by atoms with Gasteiger partial charge in [-0.25, -0.2) is 18.3 Å². The molecule has 0 radical (unpaired) electrons. The summed E-state index contributed by atoms with van der Waals surface area (Å²) in [4.78, 5) is 30.3. The SMILES string of the molecule is CCn1nccc1C(=O)N[C@H](c1cn2nc(CC3C[C@H](C)CNC3=O)c(Cl)cc2n1)C1CCC(F)(F)CC1. The third-order valence-electron chi connectivity index (χ3n) is 7.70. The van der Waals surface area contributed by atoms with Gasteiger partial charge in [0.05, 0.1) is 28.6 Å². The monoisotopic (exact) mass is 547 g/mol. The first-order valence-corrected chi connectivity index (χ1v) is 13.5. The fourth-order valence-electron chi connectivity index (χ4n) is 5.57. The second-order valence-electron chi connectivity index (χ2n) is 10.6. The normalized spacial score (nSPS) is 22.8. The first-order valence-electron chi connectivity index (χ1n) is 13.2. The second-order valence-corrected chi connectivity index (χ2v) is 11.0. The van der Waals surface area contributed by atoms with Crippen molar-refractivity contribution in [3.8, 4) is 0 Å². The number of imidazole rings is 1. The lowest BCUT2D eigenvalue weighted by atomic mass is 9.81. The van der Waals surface area contributed by atoms with E-state index >= 15 is 0 Å². The number of fused-ring (bicyclic) bond motifs is 1. The van der Waals surface area contributed by atoms with E-state index < -0.39 is 12.0 Å². The molecule has 204 valence electrons. The van der Waals surface area contributed by atoms with Crippen LogP contribution >= 0.6 is 11.6 Å². The molecule has 4 heterocycles. The highest BCUT2D eigenvalue weighted by atomic mass is 35.5. The van der Waals surface area contributed by atoms with Crippen molar-refractivity contribution >= 4 is 29.1 Å². The average molecular weight is 548 g/mol. The van der Waals surface area contributed by atoms with E-state index in [0.717, 1.165) is 6.42 Å². The van der Waals surface area contributed by atoms with Gasteiger partial charge in [0.2, 0.25) is 11.8 Å². The zero-order chi connectivity index (χ0) is 27.0. The van der Waals surface area contributed by atoms with E-state index in [4.69, 9.17) is 11.6 Å². The summed E-state index contributed by atoms with van der Waals surface area (Å²) < 4.78 is 31.1. The molecule has 2 amide bonds. The van der Waals surface area contributed by atoms with Crippen LogP contribution in [-0.2, 0) is 17.8 Å². The molecule has 1 unspecified atom stereocenters. The Labute approximate surface area is 224 Å². The van der Waals surface area contributed by atoms with Crippen molar-refractivity contribution in [3.63, 3.8) is 0 Å². The summed E-state index contributed by atoms with van der Waals surface area (Å²) in [5.74, 6) is -3.11. The molecule has 1 saturated carbocycles. The van der Waals surface area contributed by atoms with E-state index in [1.54, 1.807) is 33.7 Å². The van der Waals surface area contributed by atoms with E-state index in [9.17, 15) is 18.4 Å². The average Bonchev–Trinajstić information content (AvgIpc) is 3.52. The zero-order valence-electron chi connectivity index (χ0n) is 21.5. The van der Waals surface area contributed by atoms with E-state index in [1.807, 2.05) is 6.92 Å². The van der Waals surface area contributed by atoms with Crippen LogP contribution in [0.2, 0.25) is 5.02 Å². The highest BCUT2D eigenvalue weighted by molar-refractivity contribution is 6.31. The van der Waals surface area contributed by atoms with Gasteiger partial charge < -0.3 is 10.6 Å². The lowest BCUT2D eigenvalue weighted by molar-refractivity contribution is -0.127. The fraction of sp³-hybridized carbons (Fsp3) is 0.577. The van der Waals surface area contributed by atoms with Crippen molar-refractivity contribution in [2.45, 2.75) is 70.9 Å². The Morgan fingerprint density at radius 1 is 1.34 bits per heavy atom. The molecule has 12 heteroatoms. The number of aromatic nitrogens is 5.